The van der Waals surface area contributed by atoms with Crippen LogP contribution in [0.2, 0.25) is 0 Å². The van der Waals surface area contributed by atoms with Gasteiger partial charge in [-0.15, -0.1) is 0 Å². The highest BCUT2D eigenvalue weighted by Crippen LogP contribution is 2.29. The molecule has 0 bridgehead atoms. The van der Waals surface area contributed by atoms with Gasteiger partial charge < -0.3 is 15.2 Å². The van der Waals surface area contributed by atoms with E-state index in [4.69, 9.17) is 9.84 Å². The Balaban J connectivity index is 2.82. The van der Waals surface area contributed by atoms with Crippen LogP contribution < -0.4 is 10.1 Å². The summed E-state index contributed by atoms with van der Waals surface area (Å²) in [5.74, 6) is -0.315. The fraction of sp³-hybridized carbons (Fsp3) is 0.231. The average molecular weight is 246 g/mol. The molecule has 0 atom stereocenters. The largest absolute Gasteiger partial charge is 0.497 e. The molecular formula is C13H14N2O3. The summed E-state index contributed by atoms with van der Waals surface area (Å²) < 4.78 is 5.21. The van der Waals surface area contributed by atoms with Crippen LogP contribution in [0.3, 0.4) is 0 Å². The minimum absolute atomic E-state index is 0.0279. The van der Waals surface area contributed by atoms with Gasteiger partial charge in [-0.05, 0) is 30.7 Å². The maximum absolute atomic E-state index is 11.0. The van der Waals surface area contributed by atoms with Gasteiger partial charge in [0.2, 0.25) is 0 Å². The number of methoxy groups -OCH3 is 1. The molecule has 5 nitrogen and oxygen atoms in total. The first kappa shape index (κ1) is 12.2. The molecule has 0 saturated heterocycles. The molecule has 0 amide bonds. The van der Waals surface area contributed by atoms with Crippen molar-refractivity contribution in [2.45, 2.75) is 6.92 Å². The molecule has 0 spiro atoms. The van der Waals surface area contributed by atoms with Gasteiger partial charge in [-0.3, -0.25) is 0 Å². The van der Waals surface area contributed by atoms with Crippen LogP contribution in [-0.2, 0) is 0 Å². The molecule has 0 fully saturated rings. The van der Waals surface area contributed by atoms with Gasteiger partial charge in [0.05, 0.1) is 12.6 Å². The number of anilines is 1. The van der Waals surface area contributed by atoms with Crippen molar-refractivity contribution in [1.82, 2.24) is 4.98 Å². The second-order valence-corrected chi connectivity index (χ2v) is 3.95. The smallest absolute Gasteiger partial charge is 0.354 e. The van der Waals surface area contributed by atoms with Crippen molar-refractivity contribution in [1.29, 1.82) is 0 Å². The number of carbonyl (C=O) groups is 1. The van der Waals surface area contributed by atoms with Crippen LogP contribution in [0.15, 0.2) is 18.2 Å². The van der Waals surface area contributed by atoms with Gasteiger partial charge in [-0.2, -0.15) is 0 Å². The maximum atomic E-state index is 11.0. The summed E-state index contributed by atoms with van der Waals surface area (Å²) >= 11 is 0. The van der Waals surface area contributed by atoms with Crippen molar-refractivity contribution in [3.63, 3.8) is 0 Å². The van der Waals surface area contributed by atoms with Crippen molar-refractivity contribution in [3.8, 4) is 5.75 Å². The highest BCUT2D eigenvalue weighted by atomic mass is 16.5. The fourth-order valence-electron chi connectivity index (χ4n) is 1.90. The quantitative estimate of drug-likeness (QED) is 0.869. The molecule has 0 unspecified atom stereocenters. The lowest BCUT2D eigenvalue weighted by molar-refractivity contribution is 0.0691. The number of pyridine rings is 1. The molecule has 2 N–H and O–H groups in total. The third kappa shape index (κ3) is 1.95. The molecule has 1 aromatic carbocycles. The van der Waals surface area contributed by atoms with E-state index in [1.54, 1.807) is 14.2 Å². The zero-order valence-electron chi connectivity index (χ0n) is 10.4. The lowest BCUT2D eigenvalue weighted by Crippen LogP contribution is -2.03. The molecule has 0 radical (unpaired) electrons. The Morgan fingerprint density at radius 2 is 2.11 bits per heavy atom. The Morgan fingerprint density at radius 3 is 2.67 bits per heavy atom. The zero-order valence-corrected chi connectivity index (χ0v) is 10.4. The van der Waals surface area contributed by atoms with Gasteiger partial charge in [0.15, 0.2) is 5.69 Å². The SMILES string of the molecule is CNc1cc(C(=O)O)nc2c(C)cc(OC)cc12. The molecule has 94 valence electrons. The lowest BCUT2D eigenvalue weighted by Gasteiger charge is -2.11. The van der Waals surface area contributed by atoms with Gasteiger partial charge in [0.25, 0.3) is 0 Å². The Bertz CT molecular complexity index is 623. The number of nitrogens with one attached hydrogen (secondary N) is 1. The summed E-state index contributed by atoms with van der Waals surface area (Å²) in [4.78, 5) is 15.2. The molecule has 0 aliphatic carbocycles. The number of hydrogen-bond donors (Lipinski definition) is 2. The van der Waals surface area contributed by atoms with E-state index in [9.17, 15) is 4.79 Å². The number of rotatable bonds is 3. The minimum atomic E-state index is -1.04. The molecule has 1 heterocycles. The number of hydrogen-bond acceptors (Lipinski definition) is 4. The number of fused-ring (bicyclic) bond motifs is 1. The third-order valence-corrected chi connectivity index (χ3v) is 2.80. The monoisotopic (exact) mass is 246 g/mol. The number of carboxylic acid groups (broad SMARTS) is 1. The van der Waals surface area contributed by atoms with Crippen LogP contribution in [0, 0.1) is 6.92 Å². The number of aromatic carboxylic acids is 1. The highest BCUT2D eigenvalue weighted by Gasteiger charge is 2.12. The molecule has 18 heavy (non-hydrogen) atoms. The summed E-state index contributed by atoms with van der Waals surface area (Å²) in [6, 6.07) is 5.19. The van der Waals surface area contributed by atoms with Crippen molar-refractivity contribution in [2.24, 2.45) is 0 Å². The highest BCUT2D eigenvalue weighted by molar-refractivity contribution is 5.98. The average Bonchev–Trinajstić information content (AvgIpc) is 2.37. The number of nitrogens with zero attached hydrogens (tertiary/aromatic N) is 1. The summed E-state index contributed by atoms with van der Waals surface area (Å²) in [5, 5.41) is 12.9. The second kappa shape index (κ2) is 4.52. The van der Waals surface area contributed by atoms with Crippen molar-refractivity contribution < 1.29 is 14.6 Å². The minimum Gasteiger partial charge on any atom is -0.497 e. The first-order chi connectivity index (χ1) is 8.56. The molecule has 0 saturated carbocycles. The maximum Gasteiger partial charge on any atom is 0.354 e. The van der Waals surface area contributed by atoms with Gasteiger partial charge in [-0.1, -0.05) is 0 Å². The van der Waals surface area contributed by atoms with E-state index in [1.165, 1.54) is 6.07 Å². The fourth-order valence-corrected chi connectivity index (χ4v) is 1.90. The standard InChI is InChI=1S/C13H14N2O3/c1-7-4-8(18-3)5-9-10(14-2)6-11(13(16)17)15-12(7)9/h4-6H,1-3H3,(H,14,15)(H,16,17). The first-order valence-electron chi connectivity index (χ1n) is 5.47. The second-order valence-electron chi connectivity index (χ2n) is 3.95. The Morgan fingerprint density at radius 1 is 1.39 bits per heavy atom. The van der Waals surface area contributed by atoms with Crippen LogP contribution in [0.4, 0.5) is 5.69 Å². The predicted molar refractivity (Wildman–Crippen MR) is 69.5 cm³/mol. The summed E-state index contributed by atoms with van der Waals surface area (Å²) in [7, 11) is 3.34. The predicted octanol–water partition coefficient (Wildman–Crippen LogP) is 2.29. The molecule has 0 aliphatic heterocycles. The molecular weight excluding hydrogens is 232 g/mol. The van der Waals surface area contributed by atoms with E-state index >= 15 is 0 Å². The van der Waals surface area contributed by atoms with Crippen LogP contribution in [0.5, 0.6) is 5.75 Å². The van der Waals surface area contributed by atoms with Crippen LogP contribution in [0.1, 0.15) is 16.1 Å². The summed E-state index contributed by atoms with van der Waals surface area (Å²) in [5.41, 5.74) is 2.29. The molecule has 2 aromatic rings. The summed E-state index contributed by atoms with van der Waals surface area (Å²) in [6.07, 6.45) is 0. The van der Waals surface area contributed by atoms with E-state index < -0.39 is 5.97 Å². The number of aromatic nitrogens is 1. The molecule has 2 rings (SSSR count). The van der Waals surface area contributed by atoms with Gasteiger partial charge >= 0.3 is 5.97 Å². The van der Waals surface area contributed by atoms with E-state index in [0.29, 0.717) is 5.52 Å². The Hall–Kier alpha value is -2.30. The first-order valence-corrected chi connectivity index (χ1v) is 5.47. The zero-order chi connectivity index (χ0) is 13.3. The Labute approximate surface area is 104 Å². The number of ether oxygens (including phenoxy) is 1. The van der Waals surface area contributed by atoms with Gasteiger partial charge in [0.1, 0.15) is 5.75 Å². The normalized spacial score (nSPS) is 10.4. The van der Waals surface area contributed by atoms with Crippen molar-refractivity contribution in [3.05, 3.63) is 29.5 Å². The molecule has 0 aliphatic rings. The Kier molecular flexibility index (Phi) is 3.06. The van der Waals surface area contributed by atoms with Crippen LogP contribution >= 0.6 is 0 Å². The number of aryl methyl sites for hydroxylation is 1. The van der Waals surface area contributed by atoms with E-state index in [2.05, 4.69) is 10.3 Å². The summed E-state index contributed by atoms with van der Waals surface area (Å²) in [6.45, 7) is 1.88. The topological polar surface area (TPSA) is 71.5 Å². The van der Waals surface area contributed by atoms with Crippen molar-refractivity contribution >= 4 is 22.6 Å². The van der Waals surface area contributed by atoms with Crippen LogP contribution in [-0.4, -0.2) is 30.2 Å². The number of carboxylic acids is 1. The van der Waals surface area contributed by atoms with E-state index in [0.717, 1.165) is 22.4 Å². The van der Waals surface area contributed by atoms with Crippen LogP contribution in [0.25, 0.3) is 10.9 Å². The van der Waals surface area contributed by atoms with Gasteiger partial charge in [-0.25, -0.2) is 9.78 Å². The van der Waals surface area contributed by atoms with E-state index in [1.807, 2.05) is 19.1 Å². The molecule has 1 aromatic heterocycles. The lowest BCUT2D eigenvalue weighted by atomic mass is 10.1. The van der Waals surface area contributed by atoms with Crippen molar-refractivity contribution in [2.75, 3.05) is 19.5 Å². The van der Waals surface area contributed by atoms with Gasteiger partial charge in [0, 0.05) is 18.1 Å². The molecule has 5 heteroatoms. The third-order valence-electron chi connectivity index (χ3n) is 2.80. The number of benzene rings is 1. The van der Waals surface area contributed by atoms with E-state index in [-0.39, 0.29) is 5.69 Å².